The third kappa shape index (κ3) is 2.48. The molecular weight excluding hydrogens is 216 g/mol. The lowest BCUT2D eigenvalue weighted by Crippen LogP contribution is -2.15. The van der Waals surface area contributed by atoms with Crippen LogP contribution in [0.4, 0.5) is 0 Å². The zero-order valence-corrected chi connectivity index (χ0v) is 9.57. The summed E-state index contributed by atoms with van der Waals surface area (Å²) >= 11 is 3.63. The Kier molecular flexibility index (Phi) is 3.81. The maximum Gasteiger partial charge on any atom is 0.123 e. The van der Waals surface area contributed by atoms with Crippen molar-refractivity contribution >= 4 is 23.1 Å². The van der Waals surface area contributed by atoms with Gasteiger partial charge in [0.2, 0.25) is 0 Å². The molecule has 0 radical (unpaired) electrons. The molecule has 0 spiro atoms. The Morgan fingerprint density at radius 1 is 1.64 bits per heavy atom. The van der Waals surface area contributed by atoms with Gasteiger partial charge < -0.3 is 10.5 Å². The summed E-state index contributed by atoms with van der Waals surface area (Å²) < 4.78 is 5.65. The molecule has 0 amide bonds. The molecule has 1 aliphatic rings. The lowest BCUT2D eigenvalue weighted by Gasteiger charge is -2.19. The first-order valence-corrected chi connectivity index (χ1v) is 6.77. The van der Waals surface area contributed by atoms with Crippen LogP contribution in [0.5, 0.6) is 0 Å². The number of hydrogen-bond acceptors (Lipinski definition) is 5. The molecule has 2 heterocycles. The molecular formula is C9H14N2OS2. The van der Waals surface area contributed by atoms with Gasteiger partial charge in [-0.3, -0.25) is 0 Å². The van der Waals surface area contributed by atoms with E-state index in [1.54, 1.807) is 11.3 Å². The van der Waals surface area contributed by atoms with Gasteiger partial charge >= 0.3 is 0 Å². The largest absolute Gasteiger partial charge is 0.369 e. The van der Waals surface area contributed by atoms with Gasteiger partial charge in [0.1, 0.15) is 11.1 Å². The highest BCUT2D eigenvalue weighted by molar-refractivity contribution is 7.99. The fourth-order valence-corrected chi connectivity index (χ4v) is 3.22. The molecule has 3 nitrogen and oxygen atoms in total. The first kappa shape index (κ1) is 10.4. The van der Waals surface area contributed by atoms with Gasteiger partial charge in [0, 0.05) is 23.3 Å². The fraction of sp³-hybridized carbons (Fsp3) is 0.667. The van der Waals surface area contributed by atoms with Crippen LogP contribution >= 0.6 is 23.1 Å². The highest BCUT2D eigenvalue weighted by Gasteiger charge is 2.19. The SMILES string of the molecule is NCCc1csc(C2CSCCO2)n1. The minimum atomic E-state index is 0.213. The topological polar surface area (TPSA) is 48.1 Å². The number of rotatable bonds is 3. The third-order valence-corrected chi connectivity index (χ3v) is 4.04. The summed E-state index contributed by atoms with van der Waals surface area (Å²) in [6, 6.07) is 0. The van der Waals surface area contributed by atoms with Crippen molar-refractivity contribution < 1.29 is 4.74 Å². The molecule has 1 aromatic rings. The summed E-state index contributed by atoms with van der Waals surface area (Å²) in [5.74, 6) is 2.15. The van der Waals surface area contributed by atoms with Crippen molar-refractivity contribution in [3.05, 3.63) is 16.1 Å². The molecule has 1 aliphatic heterocycles. The lowest BCUT2D eigenvalue weighted by atomic mass is 10.3. The molecule has 1 atom stereocenters. The maximum atomic E-state index is 5.65. The van der Waals surface area contributed by atoms with E-state index in [1.807, 2.05) is 11.8 Å². The van der Waals surface area contributed by atoms with E-state index in [0.29, 0.717) is 6.54 Å². The Morgan fingerprint density at radius 3 is 3.29 bits per heavy atom. The van der Waals surface area contributed by atoms with Crippen molar-refractivity contribution in [2.45, 2.75) is 12.5 Å². The van der Waals surface area contributed by atoms with Gasteiger partial charge in [-0.2, -0.15) is 11.8 Å². The second-order valence-electron chi connectivity index (χ2n) is 3.15. The Bertz CT molecular complexity index is 284. The van der Waals surface area contributed by atoms with Crippen LogP contribution in [-0.4, -0.2) is 29.6 Å². The van der Waals surface area contributed by atoms with E-state index < -0.39 is 0 Å². The average Bonchev–Trinajstić information content (AvgIpc) is 2.68. The Labute approximate surface area is 92.1 Å². The first-order chi connectivity index (χ1) is 6.90. The minimum absolute atomic E-state index is 0.213. The monoisotopic (exact) mass is 230 g/mol. The normalized spacial score (nSPS) is 22.5. The molecule has 0 aromatic carbocycles. The van der Waals surface area contributed by atoms with Gasteiger partial charge in [0.15, 0.2) is 0 Å². The number of nitrogens with two attached hydrogens (primary N) is 1. The van der Waals surface area contributed by atoms with E-state index in [4.69, 9.17) is 10.5 Å². The Balaban J connectivity index is 2.00. The van der Waals surface area contributed by atoms with Crippen molar-refractivity contribution in [1.29, 1.82) is 0 Å². The molecule has 1 aromatic heterocycles. The Hall–Kier alpha value is -0.100. The van der Waals surface area contributed by atoms with E-state index in [1.165, 1.54) is 0 Å². The number of ether oxygens (including phenoxy) is 1. The maximum absolute atomic E-state index is 5.65. The van der Waals surface area contributed by atoms with Crippen LogP contribution in [0, 0.1) is 0 Å². The highest BCUT2D eigenvalue weighted by Crippen LogP contribution is 2.28. The van der Waals surface area contributed by atoms with Crippen LogP contribution < -0.4 is 5.73 Å². The summed E-state index contributed by atoms with van der Waals surface area (Å²) in [7, 11) is 0. The summed E-state index contributed by atoms with van der Waals surface area (Å²) in [5, 5.41) is 3.20. The van der Waals surface area contributed by atoms with Gasteiger partial charge in [-0.25, -0.2) is 4.98 Å². The van der Waals surface area contributed by atoms with Crippen molar-refractivity contribution in [2.24, 2.45) is 5.73 Å². The van der Waals surface area contributed by atoms with E-state index in [2.05, 4.69) is 10.4 Å². The lowest BCUT2D eigenvalue weighted by molar-refractivity contribution is 0.0754. The Morgan fingerprint density at radius 2 is 2.57 bits per heavy atom. The molecule has 2 N–H and O–H groups in total. The van der Waals surface area contributed by atoms with Crippen LogP contribution in [-0.2, 0) is 11.2 Å². The first-order valence-electron chi connectivity index (χ1n) is 4.74. The summed E-state index contributed by atoms with van der Waals surface area (Å²) in [5.41, 5.74) is 6.58. The molecule has 0 bridgehead atoms. The smallest absolute Gasteiger partial charge is 0.123 e. The van der Waals surface area contributed by atoms with Gasteiger partial charge in [0.25, 0.3) is 0 Å². The van der Waals surface area contributed by atoms with E-state index in [9.17, 15) is 0 Å². The van der Waals surface area contributed by atoms with Crippen molar-refractivity contribution in [1.82, 2.24) is 4.98 Å². The minimum Gasteiger partial charge on any atom is -0.369 e. The predicted molar refractivity (Wildman–Crippen MR) is 60.9 cm³/mol. The number of thiazole rings is 1. The quantitative estimate of drug-likeness (QED) is 0.854. The van der Waals surface area contributed by atoms with Crippen LogP contribution in [0.3, 0.4) is 0 Å². The number of hydrogen-bond donors (Lipinski definition) is 1. The van der Waals surface area contributed by atoms with Crippen molar-refractivity contribution in [2.75, 3.05) is 24.7 Å². The van der Waals surface area contributed by atoms with Gasteiger partial charge in [0.05, 0.1) is 12.3 Å². The predicted octanol–water partition coefficient (Wildman–Crippen LogP) is 1.45. The number of nitrogens with zero attached hydrogens (tertiary/aromatic N) is 1. The van der Waals surface area contributed by atoms with Crippen molar-refractivity contribution in [3.8, 4) is 0 Å². The van der Waals surface area contributed by atoms with Gasteiger partial charge in [-0.05, 0) is 6.54 Å². The highest BCUT2D eigenvalue weighted by atomic mass is 32.2. The fourth-order valence-electron chi connectivity index (χ4n) is 1.36. The number of aromatic nitrogens is 1. The van der Waals surface area contributed by atoms with Crippen LogP contribution in [0.25, 0.3) is 0 Å². The summed E-state index contributed by atoms with van der Waals surface area (Å²) in [6.45, 7) is 1.52. The van der Waals surface area contributed by atoms with Crippen LogP contribution in [0.15, 0.2) is 5.38 Å². The molecule has 78 valence electrons. The average molecular weight is 230 g/mol. The molecule has 1 unspecified atom stereocenters. The van der Waals surface area contributed by atoms with E-state index >= 15 is 0 Å². The molecule has 0 aliphatic carbocycles. The van der Waals surface area contributed by atoms with Crippen molar-refractivity contribution in [3.63, 3.8) is 0 Å². The molecule has 2 rings (SSSR count). The second kappa shape index (κ2) is 5.11. The standard InChI is InChI=1S/C9H14N2OS2/c10-2-1-7-5-14-9(11-7)8-6-13-4-3-12-8/h5,8H,1-4,6,10H2. The van der Waals surface area contributed by atoms with Gasteiger partial charge in [-0.15, -0.1) is 11.3 Å². The van der Waals surface area contributed by atoms with E-state index in [-0.39, 0.29) is 6.10 Å². The molecule has 1 fully saturated rings. The number of thioether (sulfide) groups is 1. The molecule has 5 heteroatoms. The molecule has 1 saturated heterocycles. The zero-order chi connectivity index (χ0) is 9.80. The second-order valence-corrected chi connectivity index (χ2v) is 5.19. The third-order valence-electron chi connectivity index (χ3n) is 2.06. The summed E-state index contributed by atoms with van der Waals surface area (Å²) in [6.07, 6.45) is 1.08. The zero-order valence-electron chi connectivity index (χ0n) is 7.94. The van der Waals surface area contributed by atoms with Crippen LogP contribution in [0.1, 0.15) is 16.8 Å². The molecule has 0 saturated carbocycles. The molecule has 14 heavy (non-hydrogen) atoms. The summed E-state index contributed by atoms with van der Waals surface area (Å²) in [4.78, 5) is 4.52. The van der Waals surface area contributed by atoms with Crippen LogP contribution in [0.2, 0.25) is 0 Å². The van der Waals surface area contributed by atoms with Gasteiger partial charge in [-0.1, -0.05) is 0 Å². The van der Waals surface area contributed by atoms with E-state index in [0.717, 1.165) is 35.2 Å².